The van der Waals surface area contributed by atoms with E-state index >= 15 is 0 Å². The largest absolute Gasteiger partial charge is 0.530 e. The molecule has 2 amide bonds. The molecule has 0 aromatic heterocycles. The van der Waals surface area contributed by atoms with Gasteiger partial charge in [-0.05, 0) is 33.6 Å². The van der Waals surface area contributed by atoms with Crippen molar-refractivity contribution in [2.75, 3.05) is 27.7 Å². The minimum atomic E-state index is -1.17. The van der Waals surface area contributed by atoms with Crippen LogP contribution in [0.2, 0.25) is 0 Å². The third-order valence-corrected chi connectivity index (χ3v) is 3.78. The van der Waals surface area contributed by atoms with E-state index in [1.54, 1.807) is 0 Å². The summed E-state index contributed by atoms with van der Waals surface area (Å²) in [6, 6.07) is -0.203. The second-order valence-corrected chi connectivity index (χ2v) is 7.60. The van der Waals surface area contributed by atoms with Gasteiger partial charge in [0.05, 0.1) is 46.3 Å². The smallest absolute Gasteiger partial charge is 0.315 e. The third kappa shape index (κ3) is 4.97. The lowest BCUT2D eigenvalue weighted by Gasteiger charge is -2.46. The van der Waals surface area contributed by atoms with Crippen molar-refractivity contribution in [3.8, 4) is 0 Å². The molecule has 0 spiro atoms. The minimum Gasteiger partial charge on any atom is -0.530 e. The van der Waals surface area contributed by atoms with E-state index in [0.29, 0.717) is 25.9 Å². The Bertz CT molecular complexity index is 387. The lowest BCUT2D eigenvalue weighted by Crippen LogP contribution is -2.59. The van der Waals surface area contributed by atoms with E-state index in [-0.39, 0.29) is 22.5 Å². The number of ether oxygens (including phenoxy) is 1. The molecule has 1 saturated heterocycles. The van der Waals surface area contributed by atoms with Crippen molar-refractivity contribution < 1.29 is 23.9 Å². The Balaban J connectivity index is 2.59. The molecule has 1 rings (SSSR count). The summed E-state index contributed by atoms with van der Waals surface area (Å²) in [5.41, 5.74) is -0.516. The zero-order chi connectivity index (χ0) is 16.4. The molecule has 6 nitrogen and oxygen atoms in total. The normalized spacial score (nSPS) is 23.7. The van der Waals surface area contributed by atoms with Gasteiger partial charge in [-0.15, -0.1) is 0 Å². The topological polar surface area (TPSA) is 69.7 Å². The predicted molar refractivity (Wildman–Crippen MR) is 77.4 cm³/mol. The standard InChI is InChI=1S/C15H28N2O4/c1-15(2,3)16(14(19)20)11-7-8-12(21-10-11)9-13(18)17(4,5)6/h11-12H,7-10H2,1-6H3/t11-,12+/m1/s1. The first-order valence-corrected chi connectivity index (χ1v) is 7.39. The number of hydrogen-bond donors (Lipinski definition) is 0. The van der Waals surface area contributed by atoms with Gasteiger partial charge in [0.2, 0.25) is 0 Å². The summed E-state index contributed by atoms with van der Waals surface area (Å²) in [5, 5.41) is 11.3. The van der Waals surface area contributed by atoms with Gasteiger partial charge in [0.1, 0.15) is 6.09 Å². The van der Waals surface area contributed by atoms with E-state index in [2.05, 4.69) is 0 Å². The maximum atomic E-state index is 12.0. The molecule has 0 aromatic rings. The Kier molecular flexibility index (Phi) is 5.39. The van der Waals surface area contributed by atoms with E-state index < -0.39 is 11.6 Å². The first kappa shape index (κ1) is 17.9. The van der Waals surface area contributed by atoms with Crippen molar-refractivity contribution in [1.29, 1.82) is 0 Å². The molecule has 1 aliphatic heterocycles. The predicted octanol–water partition coefficient (Wildman–Crippen LogP) is 0.601. The molecule has 1 fully saturated rings. The molecule has 1 aliphatic rings. The van der Waals surface area contributed by atoms with Crippen molar-refractivity contribution in [1.82, 2.24) is 4.90 Å². The second kappa shape index (κ2) is 6.32. The quantitative estimate of drug-likeness (QED) is 0.716. The lowest BCUT2D eigenvalue weighted by atomic mass is 9.96. The van der Waals surface area contributed by atoms with Gasteiger partial charge in [0.25, 0.3) is 0 Å². The summed E-state index contributed by atoms with van der Waals surface area (Å²) in [5.74, 6) is 0.117. The molecule has 6 heteroatoms. The number of rotatable bonds is 3. The van der Waals surface area contributed by atoms with Gasteiger partial charge in [-0.3, -0.25) is 4.48 Å². The van der Waals surface area contributed by atoms with Crippen molar-refractivity contribution in [2.45, 2.75) is 57.7 Å². The van der Waals surface area contributed by atoms with Gasteiger partial charge < -0.3 is 19.5 Å². The van der Waals surface area contributed by atoms with E-state index in [0.717, 1.165) is 0 Å². The maximum absolute atomic E-state index is 12.0. The molecule has 0 bridgehead atoms. The van der Waals surface area contributed by atoms with Crippen LogP contribution in [0.5, 0.6) is 0 Å². The first-order valence-electron chi connectivity index (χ1n) is 7.39. The third-order valence-electron chi connectivity index (χ3n) is 3.78. The SMILES string of the molecule is CC(C)(C)N(C(=O)[O-])[C@@H]1CC[C@@H](CC(=O)[N+](C)(C)C)OC1. The van der Waals surface area contributed by atoms with Crippen LogP contribution in [-0.4, -0.2) is 66.8 Å². The number of nitrogens with zero attached hydrogens (tertiary/aromatic N) is 2. The molecule has 0 radical (unpaired) electrons. The average molecular weight is 300 g/mol. The van der Waals surface area contributed by atoms with Gasteiger partial charge in [-0.25, -0.2) is 4.79 Å². The summed E-state index contributed by atoms with van der Waals surface area (Å²) in [4.78, 5) is 24.7. The van der Waals surface area contributed by atoms with Crippen LogP contribution < -0.4 is 5.11 Å². The average Bonchev–Trinajstić information content (AvgIpc) is 2.27. The van der Waals surface area contributed by atoms with Crippen LogP contribution in [0.4, 0.5) is 4.79 Å². The van der Waals surface area contributed by atoms with Crippen molar-refractivity contribution in [2.24, 2.45) is 0 Å². The van der Waals surface area contributed by atoms with Crippen LogP contribution in [0.25, 0.3) is 0 Å². The second-order valence-electron chi connectivity index (χ2n) is 7.60. The van der Waals surface area contributed by atoms with Gasteiger partial charge in [-0.2, -0.15) is 0 Å². The van der Waals surface area contributed by atoms with Crippen molar-refractivity contribution in [3.05, 3.63) is 0 Å². The zero-order valence-corrected chi connectivity index (χ0v) is 14.0. The minimum absolute atomic E-state index is 0.116. The number of carboxylic acid groups (broad SMARTS) is 1. The monoisotopic (exact) mass is 300 g/mol. The van der Waals surface area contributed by atoms with Crippen LogP contribution in [0.15, 0.2) is 0 Å². The summed E-state index contributed by atoms with van der Waals surface area (Å²) >= 11 is 0. The molecule has 0 unspecified atom stereocenters. The van der Waals surface area contributed by atoms with Gasteiger partial charge in [-0.1, -0.05) is 0 Å². The Morgan fingerprint density at radius 3 is 2.14 bits per heavy atom. The van der Waals surface area contributed by atoms with Gasteiger partial charge in [0, 0.05) is 5.54 Å². The fourth-order valence-electron chi connectivity index (χ4n) is 2.60. The number of amides is 2. The number of quaternary nitrogens is 1. The summed E-state index contributed by atoms with van der Waals surface area (Å²) < 4.78 is 5.99. The Morgan fingerprint density at radius 1 is 1.24 bits per heavy atom. The molecule has 0 aromatic carbocycles. The summed E-state index contributed by atoms with van der Waals surface area (Å²) in [7, 11) is 5.52. The molecule has 2 atom stereocenters. The van der Waals surface area contributed by atoms with Crippen LogP contribution in [-0.2, 0) is 9.53 Å². The van der Waals surface area contributed by atoms with E-state index in [9.17, 15) is 14.7 Å². The summed E-state index contributed by atoms with van der Waals surface area (Å²) in [6.45, 7) is 5.85. The fourth-order valence-corrected chi connectivity index (χ4v) is 2.60. The van der Waals surface area contributed by atoms with E-state index in [1.807, 2.05) is 41.9 Å². The zero-order valence-electron chi connectivity index (χ0n) is 14.0. The Morgan fingerprint density at radius 2 is 1.81 bits per heavy atom. The highest BCUT2D eigenvalue weighted by Gasteiger charge is 2.34. The molecule has 1 heterocycles. The molecule has 0 N–H and O–H groups in total. The molecule has 0 saturated carbocycles. The van der Waals surface area contributed by atoms with Gasteiger partial charge >= 0.3 is 5.91 Å². The molecule has 21 heavy (non-hydrogen) atoms. The van der Waals surface area contributed by atoms with Crippen LogP contribution in [0.1, 0.15) is 40.0 Å². The van der Waals surface area contributed by atoms with Crippen molar-refractivity contribution in [3.63, 3.8) is 0 Å². The highest BCUT2D eigenvalue weighted by atomic mass is 16.5. The first-order chi connectivity index (χ1) is 9.43. The van der Waals surface area contributed by atoms with Crippen molar-refractivity contribution >= 4 is 12.0 Å². The molecule has 122 valence electrons. The van der Waals surface area contributed by atoms with Gasteiger partial charge in [0.15, 0.2) is 0 Å². The van der Waals surface area contributed by atoms with Crippen LogP contribution in [0, 0.1) is 0 Å². The maximum Gasteiger partial charge on any atom is 0.315 e. The molecular weight excluding hydrogens is 272 g/mol. The molecule has 0 aliphatic carbocycles. The fraction of sp³-hybridized carbons (Fsp3) is 0.867. The lowest BCUT2D eigenvalue weighted by molar-refractivity contribution is -0.792. The Labute approximate surface area is 127 Å². The van der Waals surface area contributed by atoms with E-state index in [1.165, 1.54) is 4.90 Å². The number of hydrogen-bond acceptors (Lipinski definition) is 4. The number of carbonyl (C=O) groups is 2. The highest BCUT2D eigenvalue weighted by Crippen LogP contribution is 2.26. The molecular formula is C15H28N2O4. The van der Waals surface area contributed by atoms with E-state index in [4.69, 9.17) is 4.74 Å². The van der Waals surface area contributed by atoms with Crippen LogP contribution >= 0.6 is 0 Å². The Hall–Kier alpha value is -1.14. The number of carbonyl (C=O) groups excluding carboxylic acids is 2. The van der Waals surface area contributed by atoms with Crippen LogP contribution in [0.3, 0.4) is 0 Å². The summed E-state index contributed by atoms with van der Waals surface area (Å²) in [6.07, 6.45) is 0.472. The highest BCUT2D eigenvalue weighted by molar-refractivity contribution is 5.69.